The first-order valence-corrected chi connectivity index (χ1v) is 7.09. The van der Waals surface area contributed by atoms with Gasteiger partial charge in [-0.1, -0.05) is 41.9 Å². The molecule has 0 spiro atoms. The van der Waals surface area contributed by atoms with Crippen molar-refractivity contribution in [3.8, 4) is 0 Å². The molecular formula is C14H17BrN2O. The summed E-state index contributed by atoms with van der Waals surface area (Å²) in [6.45, 7) is 6.73. The van der Waals surface area contributed by atoms with Crippen molar-refractivity contribution in [2.24, 2.45) is 5.41 Å². The Bertz CT molecular complexity index is 631. The number of benzene rings is 1. The minimum Gasteiger partial charge on any atom is -0.305 e. The molecule has 2 aromatic rings. The van der Waals surface area contributed by atoms with E-state index < -0.39 is 0 Å². The van der Waals surface area contributed by atoms with E-state index in [0.717, 1.165) is 16.4 Å². The largest absolute Gasteiger partial charge is 0.305 e. The summed E-state index contributed by atoms with van der Waals surface area (Å²) in [4.78, 5) is 16.6. The van der Waals surface area contributed by atoms with Gasteiger partial charge in [-0.25, -0.2) is 4.98 Å². The first-order valence-electron chi connectivity index (χ1n) is 5.97. The molecule has 0 unspecified atom stereocenters. The van der Waals surface area contributed by atoms with E-state index in [4.69, 9.17) is 0 Å². The van der Waals surface area contributed by atoms with E-state index in [0.29, 0.717) is 12.2 Å². The number of para-hydroxylation sites is 2. The molecule has 96 valence electrons. The van der Waals surface area contributed by atoms with Gasteiger partial charge in [-0.15, -0.1) is 0 Å². The molecule has 0 aliphatic rings. The van der Waals surface area contributed by atoms with E-state index in [9.17, 15) is 4.79 Å². The lowest BCUT2D eigenvalue weighted by Gasteiger charge is -2.24. The summed E-state index contributed by atoms with van der Waals surface area (Å²) in [5.41, 5.74) is 2.37. The van der Waals surface area contributed by atoms with Crippen molar-refractivity contribution < 1.29 is 0 Å². The molecule has 0 saturated carbocycles. The molecule has 0 aliphatic heterocycles. The highest BCUT2D eigenvalue weighted by molar-refractivity contribution is 9.09. The summed E-state index contributed by atoms with van der Waals surface area (Å²) in [5.74, 6) is 0. The van der Waals surface area contributed by atoms with Crippen LogP contribution in [0.25, 0.3) is 11.0 Å². The molecule has 1 aromatic heterocycles. The van der Waals surface area contributed by atoms with E-state index in [1.807, 2.05) is 28.8 Å². The van der Waals surface area contributed by atoms with Crippen molar-refractivity contribution >= 4 is 27.0 Å². The van der Waals surface area contributed by atoms with Crippen LogP contribution in [0.1, 0.15) is 19.5 Å². The van der Waals surface area contributed by atoms with Crippen LogP contribution in [0.4, 0.5) is 0 Å². The number of rotatable bonds is 3. The third-order valence-electron chi connectivity index (χ3n) is 2.96. The molecule has 4 heteroatoms. The molecule has 0 saturated heterocycles. The van der Waals surface area contributed by atoms with Crippen molar-refractivity contribution in [1.29, 1.82) is 0 Å². The summed E-state index contributed by atoms with van der Waals surface area (Å²) >= 11 is 3.50. The number of aromatic nitrogens is 2. The Morgan fingerprint density at radius 1 is 1.33 bits per heavy atom. The van der Waals surface area contributed by atoms with Gasteiger partial charge in [-0.05, 0) is 24.5 Å². The van der Waals surface area contributed by atoms with Crippen molar-refractivity contribution in [1.82, 2.24) is 9.55 Å². The molecule has 3 nitrogen and oxygen atoms in total. The second-order valence-corrected chi connectivity index (χ2v) is 5.94. The highest BCUT2D eigenvalue weighted by Crippen LogP contribution is 2.22. The maximum absolute atomic E-state index is 12.3. The number of alkyl halides is 1. The fourth-order valence-electron chi connectivity index (χ4n) is 1.95. The Kier molecular flexibility index (Phi) is 3.57. The molecule has 0 fully saturated rings. The van der Waals surface area contributed by atoms with Gasteiger partial charge in [0.15, 0.2) is 0 Å². The predicted molar refractivity (Wildman–Crippen MR) is 78.3 cm³/mol. The first-order chi connectivity index (χ1) is 8.44. The molecular weight excluding hydrogens is 292 g/mol. The monoisotopic (exact) mass is 308 g/mol. The lowest BCUT2D eigenvalue weighted by molar-refractivity contribution is 0.354. The average molecular weight is 309 g/mol. The Labute approximate surface area is 115 Å². The third kappa shape index (κ3) is 2.48. The van der Waals surface area contributed by atoms with Gasteiger partial charge in [0.05, 0.1) is 11.0 Å². The zero-order valence-corrected chi connectivity index (χ0v) is 12.5. The third-order valence-corrected chi connectivity index (χ3v) is 4.48. The Morgan fingerprint density at radius 2 is 2.00 bits per heavy atom. The highest BCUT2D eigenvalue weighted by atomic mass is 79.9. The molecule has 0 aliphatic carbocycles. The number of aryl methyl sites for hydroxylation is 1. The minimum absolute atomic E-state index is 0.00252. The van der Waals surface area contributed by atoms with Crippen molar-refractivity contribution in [3.63, 3.8) is 0 Å². The normalized spacial score (nSPS) is 12.0. The van der Waals surface area contributed by atoms with Crippen LogP contribution in [-0.2, 0) is 6.54 Å². The van der Waals surface area contributed by atoms with Gasteiger partial charge in [0.1, 0.15) is 5.69 Å². The Hall–Kier alpha value is -1.16. The lowest BCUT2D eigenvalue weighted by Crippen LogP contribution is -2.31. The van der Waals surface area contributed by atoms with E-state index in [1.54, 1.807) is 6.92 Å². The van der Waals surface area contributed by atoms with Gasteiger partial charge in [0.2, 0.25) is 0 Å². The van der Waals surface area contributed by atoms with Crippen LogP contribution in [0.3, 0.4) is 0 Å². The quantitative estimate of drug-likeness (QED) is 0.817. The van der Waals surface area contributed by atoms with Gasteiger partial charge in [-0.3, -0.25) is 4.79 Å². The zero-order chi connectivity index (χ0) is 13.3. The first kappa shape index (κ1) is 13.3. The number of nitrogens with zero attached hydrogens (tertiary/aromatic N) is 2. The number of hydrogen-bond acceptors (Lipinski definition) is 2. The van der Waals surface area contributed by atoms with E-state index in [2.05, 4.69) is 34.8 Å². The molecule has 0 amide bonds. The van der Waals surface area contributed by atoms with Crippen LogP contribution >= 0.6 is 15.9 Å². The van der Waals surface area contributed by atoms with Crippen LogP contribution < -0.4 is 5.56 Å². The minimum atomic E-state index is 0.00252. The van der Waals surface area contributed by atoms with Crippen LogP contribution in [0.5, 0.6) is 0 Å². The number of fused-ring (bicyclic) bond motifs is 1. The van der Waals surface area contributed by atoms with E-state index in [1.165, 1.54) is 0 Å². The van der Waals surface area contributed by atoms with Crippen LogP contribution in [-0.4, -0.2) is 14.9 Å². The topological polar surface area (TPSA) is 34.9 Å². The van der Waals surface area contributed by atoms with Crippen molar-refractivity contribution in [3.05, 3.63) is 40.3 Å². The second kappa shape index (κ2) is 4.84. The summed E-state index contributed by atoms with van der Waals surface area (Å²) in [6.07, 6.45) is 0. The van der Waals surface area contributed by atoms with E-state index >= 15 is 0 Å². The summed E-state index contributed by atoms with van der Waals surface area (Å²) in [6, 6.07) is 7.78. The molecule has 2 rings (SSSR count). The fourth-order valence-corrected chi connectivity index (χ4v) is 2.12. The van der Waals surface area contributed by atoms with Crippen LogP contribution in [0.2, 0.25) is 0 Å². The smallest absolute Gasteiger partial charge is 0.272 e. The standard InChI is InChI=1S/C14H17BrN2O/c1-10-13(18)17(9-14(2,3)8-15)12-7-5-4-6-11(12)16-10/h4-7H,8-9H2,1-3H3. The Balaban J connectivity index is 2.68. The van der Waals surface area contributed by atoms with Crippen molar-refractivity contribution in [2.75, 3.05) is 5.33 Å². The molecule has 1 aromatic carbocycles. The number of hydrogen-bond donors (Lipinski definition) is 0. The Morgan fingerprint density at radius 3 is 2.67 bits per heavy atom. The predicted octanol–water partition coefficient (Wildman–Crippen LogP) is 3.13. The van der Waals surface area contributed by atoms with E-state index in [-0.39, 0.29) is 11.0 Å². The van der Waals surface area contributed by atoms with Gasteiger partial charge in [-0.2, -0.15) is 0 Å². The molecule has 0 bridgehead atoms. The maximum atomic E-state index is 12.3. The lowest BCUT2D eigenvalue weighted by atomic mass is 9.96. The zero-order valence-electron chi connectivity index (χ0n) is 10.9. The SMILES string of the molecule is Cc1nc2ccccc2n(CC(C)(C)CBr)c1=O. The fraction of sp³-hybridized carbons (Fsp3) is 0.429. The summed E-state index contributed by atoms with van der Waals surface area (Å²) < 4.78 is 1.83. The average Bonchev–Trinajstić information content (AvgIpc) is 2.35. The molecule has 0 radical (unpaired) electrons. The van der Waals surface area contributed by atoms with Gasteiger partial charge in [0, 0.05) is 11.9 Å². The molecule has 18 heavy (non-hydrogen) atoms. The van der Waals surface area contributed by atoms with Gasteiger partial charge in [0.25, 0.3) is 5.56 Å². The molecule has 1 heterocycles. The summed E-state index contributed by atoms with van der Waals surface area (Å²) in [7, 11) is 0. The maximum Gasteiger partial charge on any atom is 0.272 e. The molecule has 0 N–H and O–H groups in total. The van der Waals surface area contributed by atoms with Crippen LogP contribution in [0.15, 0.2) is 29.1 Å². The van der Waals surface area contributed by atoms with Crippen molar-refractivity contribution in [2.45, 2.75) is 27.3 Å². The van der Waals surface area contributed by atoms with Crippen LogP contribution in [0, 0.1) is 12.3 Å². The van der Waals surface area contributed by atoms with Gasteiger partial charge >= 0.3 is 0 Å². The molecule has 0 atom stereocenters. The highest BCUT2D eigenvalue weighted by Gasteiger charge is 2.19. The second-order valence-electron chi connectivity index (χ2n) is 5.38. The van der Waals surface area contributed by atoms with Gasteiger partial charge < -0.3 is 4.57 Å². The number of halogens is 1. The summed E-state index contributed by atoms with van der Waals surface area (Å²) in [5, 5.41) is 0.849.